The molecule has 3 aromatic rings. The van der Waals surface area contributed by atoms with Crippen LogP contribution in [0.3, 0.4) is 0 Å². The number of nitrogens with zero attached hydrogens (tertiary/aromatic N) is 2. The van der Waals surface area contributed by atoms with E-state index in [4.69, 9.17) is 4.98 Å². The predicted molar refractivity (Wildman–Crippen MR) is 106 cm³/mol. The van der Waals surface area contributed by atoms with Crippen molar-refractivity contribution in [3.05, 3.63) is 49.0 Å². The Bertz CT molecular complexity index is 942. The third-order valence-corrected chi connectivity index (χ3v) is 7.24. The number of thiophene rings is 2. The van der Waals surface area contributed by atoms with E-state index >= 15 is 0 Å². The number of nitrogens with one attached hydrogen (secondary N) is 1. The molecule has 0 aliphatic heterocycles. The summed E-state index contributed by atoms with van der Waals surface area (Å²) in [5.41, 5.74) is 1.28. The van der Waals surface area contributed by atoms with Gasteiger partial charge in [-0.05, 0) is 56.2 Å². The summed E-state index contributed by atoms with van der Waals surface area (Å²) in [7, 11) is 2.08. The second-order valence-electron chi connectivity index (χ2n) is 7.15. The Kier molecular flexibility index (Phi) is 4.52. The Morgan fingerprint density at radius 3 is 3.08 bits per heavy atom. The van der Waals surface area contributed by atoms with Crippen molar-refractivity contribution in [3.63, 3.8) is 0 Å². The zero-order valence-electron chi connectivity index (χ0n) is 14.8. The highest BCUT2D eigenvalue weighted by Gasteiger charge is 2.24. The van der Waals surface area contributed by atoms with Crippen molar-refractivity contribution in [1.29, 1.82) is 0 Å². The number of aryl methyl sites for hydroxylation is 1. The zero-order chi connectivity index (χ0) is 17.6. The first kappa shape index (κ1) is 16.9. The molecular formula is C19H23N3OS2. The number of aromatic nitrogens is 2. The normalized spacial score (nSPS) is 18.6. The molecule has 0 saturated heterocycles. The first-order valence-corrected chi connectivity index (χ1v) is 10.5. The molecule has 25 heavy (non-hydrogen) atoms. The molecule has 3 aromatic heterocycles. The smallest absolute Gasteiger partial charge is 0.259 e. The lowest BCUT2D eigenvalue weighted by Crippen LogP contribution is -2.25. The third kappa shape index (κ3) is 3.18. The maximum Gasteiger partial charge on any atom is 0.259 e. The van der Waals surface area contributed by atoms with E-state index in [0.29, 0.717) is 5.92 Å². The molecule has 4 nitrogen and oxygen atoms in total. The van der Waals surface area contributed by atoms with Gasteiger partial charge in [0.05, 0.1) is 11.4 Å². The van der Waals surface area contributed by atoms with Gasteiger partial charge in [-0.15, -0.1) is 22.7 Å². The molecular weight excluding hydrogens is 350 g/mol. The van der Waals surface area contributed by atoms with Gasteiger partial charge in [0.2, 0.25) is 0 Å². The third-order valence-electron chi connectivity index (χ3n) is 5.23. The molecule has 0 bridgehead atoms. The van der Waals surface area contributed by atoms with Crippen LogP contribution >= 0.6 is 22.7 Å². The summed E-state index contributed by atoms with van der Waals surface area (Å²) in [6.07, 6.45) is 3.26. The van der Waals surface area contributed by atoms with Gasteiger partial charge in [0.25, 0.3) is 5.56 Å². The van der Waals surface area contributed by atoms with Gasteiger partial charge in [-0.1, -0.05) is 13.0 Å². The minimum absolute atomic E-state index is 0.0310. The highest BCUT2D eigenvalue weighted by Crippen LogP contribution is 2.36. The topological polar surface area (TPSA) is 49.0 Å². The van der Waals surface area contributed by atoms with Crippen LogP contribution in [0.4, 0.5) is 0 Å². The Morgan fingerprint density at radius 2 is 2.32 bits per heavy atom. The molecule has 1 aliphatic rings. The van der Waals surface area contributed by atoms with Crippen LogP contribution in [0.5, 0.6) is 0 Å². The van der Waals surface area contributed by atoms with E-state index in [0.717, 1.165) is 35.4 Å². The van der Waals surface area contributed by atoms with Crippen LogP contribution in [-0.4, -0.2) is 21.9 Å². The molecule has 0 spiro atoms. The zero-order valence-corrected chi connectivity index (χ0v) is 16.5. The first-order valence-electron chi connectivity index (χ1n) is 8.80. The number of rotatable bonds is 4. The van der Waals surface area contributed by atoms with E-state index in [9.17, 15) is 4.79 Å². The molecule has 6 heteroatoms. The predicted octanol–water partition coefficient (Wildman–Crippen LogP) is 4.36. The molecule has 0 saturated carbocycles. The average molecular weight is 374 g/mol. The van der Waals surface area contributed by atoms with Gasteiger partial charge in [0.1, 0.15) is 10.7 Å². The van der Waals surface area contributed by atoms with Crippen molar-refractivity contribution in [2.24, 2.45) is 5.92 Å². The molecule has 1 N–H and O–H groups in total. The number of H-pyrrole nitrogens is 1. The lowest BCUT2D eigenvalue weighted by atomic mass is 9.89. The summed E-state index contributed by atoms with van der Waals surface area (Å²) in [5.74, 6) is 1.47. The molecule has 0 fully saturated rings. The SMILES string of the molecule is C[C@H]1CCc2c(sc3nc([C@@H](C)N(C)Cc4cccs4)[nH]c(=O)c23)C1. The quantitative estimate of drug-likeness (QED) is 0.739. The monoisotopic (exact) mass is 373 g/mol. The molecule has 3 heterocycles. The Morgan fingerprint density at radius 1 is 1.48 bits per heavy atom. The lowest BCUT2D eigenvalue weighted by Gasteiger charge is -2.23. The van der Waals surface area contributed by atoms with E-state index < -0.39 is 0 Å². The fraction of sp³-hybridized carbons (Fsp3) is 0.474. The Balaban J connectivity index is 1.67. The van der Waals surface area contributed by atoms with Gasteiger partial charge in [0, 0.05) is 16.3 Å². The number of aromatic amines is 1. The highest BCUT2D eigenvalue weighted by atomic mass is 32.1. The number of hydrogen-bond donors (Lipinski definition) is 1. The van der Waals surface area contributed by atoms with Crippen LogP contribution in [0.2, 0.25) is 0 Å². The first-order chi connectivity index (χ1) is 12.0. The van der Waals surface area contributed by atoms with Crippen molar-refractivity contribution in [3.8, 4) is 0 Å². The summed E-state index contributed by atoms with van der Waals surface area (Å²) in [4.78, 5) is 26.5. The molecule has 1 aliphatic carbocycles. The summed E-state index contributed by atoms with van der Waals surface area (Å²) < 4.78 is 0. The van der Waals surface area contributed by atoms with Crippen LogP contribution in [0.15, 0.2) is 22.3 Å². The molecule has 0 unspecified atom stereocenters. The lowest BCUT2D eigenvalue weighted by molar-refractivity contribution is 0.246. The second-order valence-corrected chi connectivity index (χ2v) is 9.27. The van der Waals surface area contributed by atoms with Crippen molar-refractivity contribution in [2.75, 3.05) is 7.05 Å². The van der Waals surface area contributed by atoms with Crippen LogP contribution in [0.1, 0.15) is 47.5 Å². The minimum Gasteiger partial charge on any atom is -0.309 e. The van der Waals surface area contributed by atoms with Crippen LogP contribution < -0.4 is 5.56 Å². The van der Waals surface area contributed by atoms with Gasteiger partial charge in [0.15, 0.2) is 0 Å². The van der Waals surface area contributed by atoms with Gasteiger partial charge >= 0.3 is 0 Å². The Hall–Kier alpha value is -1.50. The average Bonchev–Trinajstić information content (AvgIpc) is 3.20. The van der Waals surface area contributed by atoms with Crippen LogP contribution in [-0.2, 0) is 19.4 Å². The van der Waals surface area contributed by atoms with E-state index in [2.05, 4.69) is 48.3 Å². The maximum atomic E-state index is 12.8. The van der Waals surface area contributed by atoms with Gasteiger partial charge < -0.3 is 4.98 Å². The minimum atomic E-state index is 0.0310. The van der Waals surface area contributed by atoms with Gasteiger partial charge in [-0.3, -0.25) is 9.69 Å². The van der Waals surface area contributed by atoms with Crippen LogP contribution in [0.25, 0.3) is 10.2 Å². The summed E-state index contributed by atoms with van der Waals surface area (Å²) in [6, 6.07) is 4.28. The van der Waals surface area contributed by atoms with Gasteiger partial charge in [-0.2, -0.15) is 0 Å². The number of fused-ring (bicyclic) bond motifs is 3. The van der Waals surface area contributed by atoms with E-state index in [-0.39, 0.29) is 11.6 Å². The fourth-order valence-corrected chi connectivity index (χ4v) is 5.72. The number of hydrogen-bond acceptors (Lipinski definition) is 5. The Labute approximate surface area is 155 Å². The van der Waals surface area contributed by atoms with E-state index in [1.54, 1.807) is 22.7 Å². The fourth-order valence-electron chi connectivity index (χ4n) is 3.56. The second kappa shape index (κ2) is 6.67. The maximum absolute atomic E-state index is 12.8. The molecule has 2 atom stereocenters. The molecule has 0 amide bonds. The largest absolute Gasteiger partial charge is 0.309 e. The van der Waals surface area contributed by atoms with Crippen molar-refractivity contribution < 1.29 is 0 Å². The molecule has 0 aromatic carbocycles. The van der Waals surface area contributed by atoms with E-state index in [1.807, 2.05) is 0 Å². The van der Waals surface area contributed by atoms with Crippen LogP contribution in [0, 0.1) is 5.92 Å². The summed E-state index contributed by atoms with van der Waals surface area (Å²) in [6.45, 7) is 5.25. The summed E-state index contributed by atoms with van der Waals surface area (Å²) >= 11 is 3.47. The van der Waals surface area contributed by atoms with Crippen molar-refractivity contribution in [2.45, 2.75) is 45.7 Å². The van der Waals surface area contributed by atoms with Crippen molar-refractivity contribution >= 4 is 32.9 Å². The van der Waals surface area contributed by atoms with E-state index in [1.165, 1.54) is 21.7 Å². The van der Waals surface area contributed by atoms with Gasteiger partial charge in [-0.25, -0.2) is 4.98 Å². The summed E-state index contributed by atoms with van der Waals surface area (Å²) in [5, 5.41) is 2.93. The highest BCUT2D eigenvalue weighted by molar-refractivity contribution is 7.18. The standard InChI is InChI=1S/C19H23N3OS2/c1-11-6-7-14-15(9-11)25-19-16(14)18(23)20-17(21-19)12(2)22(3)10-13-5-4-8-24-13/h4-5,8,11-12H,6-7,9-10H2,1-3H3,(H,20,21,23)/t11-,12+/m0/s1. The molecule has 132 valence electrons. The molecule has 0 radical (unpaired) electrons. The van der Waals surface area contributed by atoms with Crippen molar-refractivity contribution in [1.82, 2.24) is 14.9 Å². The molecule has 4 rings (SSSR count).